The van der Waals surface area contributed by atoms with Crippen molar-refractivity contribution >= 4 is 11.6 Å². The number of aromatic nitrogens is 2. The summed E-state index contributed by atoms with van der Waals surface area (Å²) in [5.74, 6) is 1.07. The number of halogens is 1. The van der Waals surface area contributed by atoms with Crippen molar-refractivity contribution in [3.8, 4) is 11.6 Å². The maximum Gasteiger partial charge on any atom is 0.256 e. The van der Waals surface area contributed by atoms with Crippen LogP contribution in [-0.4, -0.2) is 21.4 Å². The second kappa shape index (κ2) is 6.26. The van der Waals surface area contributed by atoms with Crippen LogP contribution in [0.4, 0.5) is 0 Å². The highest BCUT2D eigenvalue weighted by atomic mass is 35.5. The number of furan rings is 1. The third-order valence-corrected chi connectivity index (χ3v) is 4.62. The van der Waals surface area contributed by atoms with Crippen LogP contribution in [0.2, 0.25) is 5.02 Å². The van der Waals surface area contributed by atoms with Gasteiger partial charge in [0.25, 0.3) is 5.56 Å². The first-order valence-corrected chi connectivity index (χ1v) is 8.20. The van der Waals surface area contributed by atoms with Crippen LogP contribution in [-0.2, 0) is 19.5 Å². The highest BCUT2D eigenvalue weighted by molar-refractivity contribution is 6.31. The average Bonchev–Trinajstić information content (AvgIpc) is 3.12. The van der Waals surface area contributed by atoms with E-state index in [0.717, 1.165) is 41.4 Å². The molecule has 6 heteroatoms. The fraction of sp³-hybridized carbons (Fsp3) is 0.222. The molecule has 0 radical (unpaired) electrons. The minimum Gasteiger partial charge on any atom is -0.461 e. The molecule has 0 spiro atoms. The summed E-state index contributed by atoms with van der Waals surface area (Å²) in [6.07, 6.45) is 2.30. The molecular weight excluding hydrogens is 326 g/mol. The number of nitrogens with zero attached hydrogens (tertiary/aromatic N) is 2. The fourth-order valence-corrected chi connectivity index (χ4v) is 3.21. The first-order chi connectivity index (χ1) is 11.7. The van der Waals surface area contributed by atoms with Crippen LogP contribution in [0.15, 0.2) is 51.9 Å². The summed E-state index contributed by atoms with van der Waals surface area (Å²) in [5.41, 5.74) is 2.54. The fourth-order valence-electron chi connectivity index (χ4n) is 3.01. The Morgan fingerprint density at radius 3 is 2.92 bits per heavy atom. The summed E-state index contributed by atoms with van der Waals surface area (Å²) >= 11 is 6.24. The quantitative estimate of drug-likeness (QED) is 0.794. The molecule has 3 heterocycles. The van der Waals surface area contributed by atoms with E-state index in [1.54, 1.807) is 18.4 Å². The van der Waals surface area contributed by atoms with Crippen LogP contribution in [0, 0.1) is 0 Å². The molecule has 4 rings (SSSR count). The van der Waals surface area contributed by atoms with E-state index < -0.39 is 0 Å². The monoisotopic (exact) mass is 341 g/mol. The largest absolute Gasteiger partial charge is 0.461 e. The van der Waals surface area contributed by atoms with Crippen molar-refractivity contribution in [1.29, 1.82) is 0 Å². The van der Waals surface area contributed by atoms with E-state index in [1.165, 1.54) is 0 Å². The Morgan fingerprint density at radius 2 is 2.12 bits per heavy atom. The number of fused-ring (bicyclic) bond motifs is 1. The second-order valence-corrected chi connectivity index (χ2v) is 6.28. The van der Waals surface area contributed by atoms with Crippen molar-refractivity contribution in [2.45, 2.75) is 19.5 Å². The van der Waals surface area contributed by atoms with Gasteiger partial charge in [0.1, 0.15) is 0 Å². The predicted molar refractivity (Wildman–Crippen MR) is 91.8 cm³/mol. The smallest absolute Gasteiger partial charge is 0.256 e. The summed E-state index contributed by atoms with van der Waals surface area (Å²) in [7, 11) is 0. The maximum absolute atomic E-state index is 12.5. The molecule has 1 aliphatic rings. The van der Waals surface area contributed by atoms with Crippen LogP contribution < -0.4 is 5.56 Å². The molecular formula is C18H16ClN3O2. The standard InChI is InChI=1S/C18H16ClN3O2/c19-14-5-2-1-4-12(14)10-22-8-7-15-13(11-22)18(23)21-17(20-15)16-6-3-9-24-16/h1-6,9H,7-8,10-11H2,(H,20,21,23). The van der Waals surface area contributed by atoms with Crippen molar-refractivity contribution in [1.82, 2.24) is 14.9 Å². The summed E-state index contributed by atoms with van der Waals surface area (Å²) in [4.78, 5) is 22.1. The maximum atomic E-state index is 12.5. The number of H-pyrrole nitrogens is 1. The third kappa shape index (κ3) is 2.88. The lowest BCUT2D eigenvalue weighted by Crippen LogP contribution is -2.35. The van der Waals surface area contributed by atoms with E-state index in [4.69, 9.17) is 16.0 Å². The van der Waals surface area contributed by atoms with Gasteiger partial charge in [0.15, 0.2) is 11.6 Å². The summed E-state index contributed by atoms with van der Waals surface area (Å²) in [6.45, 7) is 2.13. The van der Waals surface area contributed by atoms with Gasteiger partial charge >= 0.3 is 0 Å². The van der Waals surface area contributed by atoms with Crippen molar-refractivity contribution < 1.29 is 4.42 Å². The third-order valence-electron chi connectivity index (χ3n) is 4.25. The molecule has 0 fully saturated rings. The number of hydrogen-bond acceptors (Lipinski definition) is 4. The van der Waals surface area contributed by atoms with E-state index in [0.29, 0.717) is 18.1 Å². The van der Waals surface area contributed by atoms with Crippen molar-refractivity contribution in [3.05, 3.63) is 74.9 Å². The van der Waals surface area contributed by atoms with Crippen molar-refractivity contribution in [2.75, 3.05) is 6.54 Å². The SMILES string of the molecule is O=c1[nH]c(-c2ccco2)nc2c1CN(Cc1ccccc1Cl)CC2. The van der Waals surface area contributed by atoms with Gasteiger partial charge in [-0.25, -0.2) is 4.98 Å². The zero-order valence-electron chi connectivity index (χ0n) is 13.0. The molecule has 24 heavy (non-hydrogen) atoms. The Morgan fingerprint density at radius 1 is 1.25 bits per heavy atom. The minimum absolute atomic E-state index is 0.102. The van der Waals surface area contributed by atoms with E-state index in [1.807, 2.05) is 24.3 Å². The lowest BCUT2D eigenvalue weighted by Gasteiger charge is -2.27. The Balaban J connectivity index is 1.60. The molecule has 1 N–H and O–H groups in total. The molecule has 122 valence electrons. The molecule has 5 nitrogen and oxygen atoms in total. The first-order valence-electron chi connectivity index (χ1n) is 7.82. The highest BCUT2D eigenvalue weighted by Crippen LogP contribution is 2.22. The van der Waals surface area contributed by atoms with Gasteiger partial charge in [-0.1, -0.05) is 29.8 Å². The molecule has 0 bridgehead atoms. The van der Waals surface area contributed by atoms with E-state index in [2.05, 4.69) is 14.9 Å². The Bertz CT molecular complexity index is 918. The van der Waals surface area contributed by atoms with Crippen LogP contribution in [0.25, 0.3) is 11.6 Å². The zero-order chi connectivity index (χ0) is 16.5. The van der Waals surface area contributed by atoms with E-state index in [-0.39, 0.29) is 5.56 Å². The van der Waals surface area contributed by atoms with Crippen molar-refractivity contribution in [3.63, 3.8) is 0 Å². The molecule has 0 unspecified atom stereocenters. The molecule has 1 aromatic carbocycles. The molecule has 0 saturated carbocycles. The molecule has 0 aliphatic carbocycles. The van der Waals surface area contributed by atoms with Crippen LogP contribution >= 0.6 is 11.6 Å². The summed E-state index contributed by atoms with van der Waals surface area (Å²) in [6, 6.07) is 11.4. The number of hydrogen-bond donors (Lipinski definition) is 1. The number of nitrogens with one attached hydrogen (secondary N) is 1. The van der Waals surface area contributed by atoms with Gasteiger partial charge in [0.05, 0.1) is 17.5 Å². The number of benzene rings is 1. The topological polar surface area (TPSA) is 62.1 Å². The lowest BCUT2D eigenvalue weighted by molar-refractivity contribution is 0.242. The van der Waals surface area contributed by atoms with Gasteiger partial charge in [-0.15, -0.1) is 0 Å². The minimum atomic E-state index is -0.102. The predicted octanol–water partition coefficient (Wildman–Crippen LogP) is 3.24. The average molecular weight is 342 g/mol. The van der Waals surface area contributed by atoms with E-state index in [9.17, 15) is 4.79 Å². The van der Waals surface area contributed by atoms with E-state index >= 15 is 0 Å². The van der Waals surface area contributed by atoms with Crippen LogP contribution in [0.3, 0.4) is 0 Å². The number of aromatic amines is 1. The lowest BCUT2D eigenvalue weighted by atomic mass is 10.1. The Labute approximate surface area is 143 Å². The van der Waals surface area contributed by atoms with Crippen LogP contribution in [0.5, 0.6) is 0 Å². The molecule has 2 aromatic heterocycles. The zero-order valence-corrected chi connectivity index (χ0v) is 13.7. The van der Waals surface area contributed by atoms with Gasteiger partial charge in [-0.05, 0) is 23.8 Å². The first kappa shape index (κ1) is 15.2. The van der Waals surface area contributed by atoms with Gasteiger partial charge in [0, 0.05) is 31.1 Å². The summed E-state index contributed by atoms with van der Waals surface area (Å²) in [5, 5.41) is 0.753. The number of rotatable bonds is 3. The highest BCUT2D eigenvalue weighted by Gasteiger charge is 2.22. The van der Waals surface area contributed by atoms with Crippen molar-refractivity contribution in [2.24, 2.45) is 0 Å². The molecule has 0 atom stereocenters. The molecule has 3 aromatic rings. The van der Waals surface area contributed by atoms with Gasteiger partial charge in [-0.2, -0.15) is 0 Å². The van der Waals surface area contributed by atoms with Gasteiger partial charge in [0.2, 0.25) is 0 Å². The second-order valence-electron chi connectivity index (χ2n) is 5.87. The Hall–Kier alpha value is -2.37. The Kier molecular flexibility index (Phi) is 3.96. The normalized spacial score (nSPS) is 14.5. The summed E-state index contributed by atoms with van der Waals surface area (Å²) < 4.78 is 5.32. The molecule has 1 aliphatic heterocycles. The molecule has 0 amide bonds. The van der Waals surface area contributed by atoms with Gasteiger partial charge in [-0.3, -0.25) is 9.69 Å². The van der Waals surface area contributed by atoms with Gasteiger partial charge < -0.3 is 9.40 Å². The van der Waals surface area contributed by atoms with Crippen LogP contribution in [0.1, 0.15) is 16.8 Å². The molecule has 0 saturated heterocycles.